The van der Waals surface area contributed by atoms with Crippen molar-refractivity contribution < 1.29 is 19.1 Å². The molecular weight excluding hydrogens is 286 g/mol. The van der Waals surface area contributed by atoms with E-state index < -0.39 is 11.7 Å². The molecule has 120 valence electrons. The van der Waals surface area contributed by atoms with Crippen molar-refractivity contribution in [2.45, 2.75) is 26.4 Å². The summed E-state index contributed by atoms with van der Waals surface area (Å²) in [6.45, 7) is 7.50. The molecule has 0 spiro atoms. The van der Waals surface area contributed by atoms with Gasteiger partial charge in [-0.1, -0.05) is 0 Å². The third-order valence-corrected chi connectivity index (χ3v) is 2.92. The first-order valence-corrected chi connectivity index (χ1v) is 7.18. The largest absolute Gasteiger partial charge is 0.444 e. The summed E-state index contributed by atoms with van der Waals surface area (Å²) in [7, 11) is 0. The Morgan fingerprint density at radius 1 is 1.32 bits per heavy atom. The first-order chi connectivity index (χ1) is 10.3. The predicted molar refractivity (Wildman–Crippen MR) is 80.8 cm³/mol. The number of amides is 2. The highest BCUT2D eigenvalue weighted by Gasteiger charge is 2.21. The van der Waals surface area contributed by atoms with Crippen LogP contribution < -0.4 is 5.32 Å². The van der Waals surface area contributed by atoms with E-state index in [1.54, 1.807) is 37.8 Å². The quantitative estimate of drug-likeness (QED) is 0.902. The second-order valence-electron chi connectivity index (χ2n) is 5.96. The minimum absolute atomic E-state index is 0.170. The number of carbonyl (C=O) groups is 2. The van der Waals surface area contributed by atoms with E-state index in [0.29, 0.717) is 32.0 Å². The number of anilines is 1. The van der Waals surface area contributed by atoms with Crippen molar-refractivity contribution in [2.24, 2.45) is 0 Å². The van der Waals surface area contributed by atoms with E-state index in [-0.39, 0.29) is 11.6 Å². The molecule has 2 rings (SSSR count). The average Bonchev–Trinajstić information content (AvgIpc) is 2.45. The van der Waals surface area contributed by atoms with Crippen LogP contribution >= 0.6 is 0 Å². The molecule has 0 aliphatic carbocycles. The Balaban J connectivity index is 2.03. The summed E-state index contributed by atoms with van der Waals surface area (Å²) in [6, 6.07) is 3.15. The molecule has 7 nitrogen and oxygen atoms in total. The van der Waals surface area contributed by atoms with E-state index in [0.717, 1.165) is 0 Å². The molecule has 0 aromatic carbocycles. The van der Waals surface area contributed by atoms with Crippen LogP contribution in [-0.4, -0.2) is 53.8 Å². The number of carbonyl (C=O) groups excluding carboxylic acids is 2. The first-order valence-electron chi connectivity index (χ1n) is 7.18. The summed E-state index contributed by atoms with van der Waals surface area (Å²) >= 11 is 0. The number of ether oxygens (including phenoxy) is 2. The van der Waals surface area contributed by atoms with Crippen molar-refractivity contribution in [3.63, 3.8) is 0 Å². The van der Waals surface area contributed by atoms with Crippen molar-refractivity contribution in [2.75, 3.05) is 31.6 Å². The molecule has 2 amide bonds. The maximum absolute atomic E-state index is 12.3. The zero-order chi connectivity index (χ0) is 16.2. The Morgan fingerprint density at radius 2 is 2.00 bits per heavy atom. The Kier molecular flexibility index (Phi) is 4.97. The van der Waals surface area contributed by atoms with Crippen LogP contribution in [0.1, 0.15) is 31.3 Å². The number of rotatable bonds is 2. The van der Waals surface area contributed by atoms with Crippen LogP contribution in [0.25, 0.3) is 0 Å². The normalized spacial score (nSPS) is 15.3. The predicted octanol–water partition coefficient (Wildman–Crippen LogP) is 1.90. The second kappa shape index (κ2) is 6.74. The summed E-state index contributed by atoms with van der Waals surface area (Å²) in [4.78, 5) is 29.8. The molecule has 1 aliphatic rings. The van der Waals surface area contributed by atoms with E-state index in [4.69, 9.17) is 9.47 Å². The molecule has 1 aromatic heterocycles. The van der Waals surface area contributed by atoms with Crippen LogP contribution in [0.2, 0.25) is 0 Å². The third kappa shape index (κ3) is 4.70. The van der Waals surface area contributed by atoms with Gasteiger partial charge < -0.3 is 14.4 Å². The Bertz CT molecular complexity index is 548. The topological polar surface area (TPSA) is 80.8 Å². The first kappa shape index (κ1) is 16.2. The van der Waals surface area contributed by atoms with Gasteiger partial charge in [-0.2, -0.15) is 0 Å². The Morgan fingerprint density at radius 3 is 2.64 bits per heavy atom. The van der Waals surface area contributed by atoms with Crippen LogP contribution in [0, 0.1) is 0 Å². The lowest BCUT2D eigenvalue weighted by atomic mass is 10.2. The van der Waals surface area contributed by atoms with Crippen LogP contribution in [-0.2, 0) is 9.47 Å². The van der Waals surface area contributed by atoms with Gasteiger partial charge in [-0.25, -0.2) is 4.79 Å². The molecule has 2 heterocycles. The molecule has 1 saturated heterocycles. The zero-order valence-corrected chi connectivity index (χ0v) is 13.1. The Labute approximate surface area is 129 Å². The number of morpholine rings is 1. The molecule has 0 radical (unpaired) electrons. The van der Waals surface area contributed by atoms with E-state index in [9.17, 15) is 9.59 Å². The van der Waals surface area contributed by atoms with Gasteiger partial charge in [0.05, 0.1) is 13.2 Å². The molecule has 1 aromatic rings. The highest BCUT2D eigenvalue weighted by Crippen LogP contribution is 2.14. The van der Waals surface area contributed by atoms with Crippen LogP contribution in [0.5, 0.6) is 0 Å². The summed E-state index contributed by atoms with van der Waals surface area (Å²) in [6.07, 6.45) is 0.920. The van der Waals surface area contributed by atoms with E-state index in [1.165, 1.54) is 6.20 Å². The SMILES string of the molecule is CC(C)(C)OC(=O)Nc1ccnc(C(=O)N2CCOCC2)c1. The minimum Gasteiger partial charge on any atom is -0.444 e. The van der Waals surface area contributed by atoms with Crippen LogP contribution in [0.3, 0.4) is 0 Å². The van der Waals surface area contributed by atoms with E-state index in [1.807, 2.05) is 0 Å². The van der Waals surface area contributed by atoms with Gasteiger partial charge >= 0.3 is 6.09 Å². The van der Waals surface area contributed by atoms with Gasteiger partial charge in [-0.3, -0.25) is 15.1 Å². The van der Waals surface area contributed by atoms with Crippen LogP contribution in [0.4, 0.5) is 10.5 Å². The van der Waals surface area contributed by atoms with Gasteiger partial charge in [-0.15, -0.1) is 0 Å². The number of nitrogens with one attached hydrogen (secondary N) is 1. The smallest absolute Gasteiger partial charge is 0.412 e. The lowest BCUT2D eigenvalue weighted by molar-refractivity contribution is 0.0299. The van der Waals surface area contributed by atoms with Gasteiger partial charge in [0.2, 0.25) is 0 Å². The number of pyridine rings is 1. The fraction of sp³-hybridized carbons (Fsp3) is 0.533. The molecule has 22 heavy (non-hydrogen) atoms. The summed E-state index contributed by atoms with van der Waals surface area (Å²) in [5.41, 5.74) is 0.181. The summed E-state index contributed by atoms with van der Waals surface area (Å²) in [5.74, 6) is -0.170. The van der Waals surface area contributed by atoms with Crippen molar-refractivity contribution in [3.8, 4) is 0 Å². The summed E-state index contributed by atoms with van der Waals surface area (Å²) in [5, 5.41) is 2.60. The Hall–Kier alpha value is -2.15. The zero-order valence-electron chi connectivity index (χ0n) is 13.1. The lowest BCUT2D eigenvalue weighted by Gasteiger charge is -2.26. The van der Waals surface area contributed by atoms with Gasteiger partial charge in [0.25, 0.3) is 5.91 Å². The standard InChI is InChI=1S/C15H21N3O4/c1-15(2,3)22-14(20)17-11-4-5-16-12(10-11)13(19)18-6-8-21-9-7-18/h4-5,10H,6-9H2,1-3H3,(H,16,17,20). The van der Waals surface area contributed by atoms with E-state index in [2.05, 4.69) is 10.3 Å². The maximum Gasteiger partial charge on any atom is 0.412 e. The number of aromatic nitrogens is 1. The maximum atomic E-state index is 12.3. The van der Waals surface area contributed by atoms with Crippen molar-refractivity contribution >= 4 is 17.7 Å². The van der Waals surface area contributed by atoms with Gasteiger partial charge in [0, 0.05) is 25.0 Å². The van der Waals surface area contributed by atoms with Gasteiger partial charge in [-0.05, 0) is 32.9 Å². The van der Waals surface area contributed by atoms with Crippen molar-refractivity contribution in [1.82, 2.24) is 9.88 Å². The molecular formula is C15H21N3O4. The molecule has 1 fully saturated rings. The number of hydrogen-bond donors (Lipinski definition) is 1. The highest BCUT2D eigenvalue weighted by atomic mass is 16.6. The monoisotopic (exact) mass is 307 g/mol. The molecule has 0 atom stereocenters. The van der Waals surface area contributed by atoms with Gasteiger partial charge in [0.15, 0.2) is 0 Å². The van der Waals surface area contributed by atoms with Crippen LogP contribution in [0.15, 0.2) is 18.3 Å². The fourth-order valence-electron chi connectivity index (χ4n) is 1.98. The van der Waals surface area contributed by atoms with Gasteiger partial charge in [0.1, 0.15) is 11.3 Å². The fourth-order valence-corrected chi connectivity index (χ4v) is 1.98. The number of hydrogen-bond acceptors (Lipinski definition) is 5. The molecule has 0 unspecified atom stereocenters. The third-order valence-electron chi connectivity index (χ3n) is 2.92. The molecule has 1 aliphatic heterocycles. The van der Waals surface area contributed by atoms with Crippen molar-refractivity contribution in [3.05, 3.63) is 24.0 Å². The lowest BCUT2D eigenvalue weighted by Crippen LogP contribution is -2.41. The summed E-state index contributed by atoms with van der Waals surface area (Å²) < 4.78 is 10.4. The highest BCUT2D eigenvalue weighted by molar-refractivity contribution is 5.94. The molecule has 0 saturated carbocycles. The second-order valence-corrected chi connectivity index (χ2v) is 5.96. The molecule has 1 N–H and O–H groups in total. The molecule has 0 bridgehead atoms. The average molecular weight is 307 g/mol. The van der Waals surface area contributed by atoms with E-state index >= 15 is 0 Å². The minimum atomic E-state index is -0.580. The number of nitrogens with zero attached hydrogens (tertiary/aromatic N) is 2. The molecule has 7 heteroatoms. The van der Waals surface area contributed by atoms with Crippen molar-refractivity contribution in [1.29, 1.82) is 0 Å².